The smallest absolute Gasteiger partial charge is 0.376 e. The van der Waals surface area contributed by atoms with Crippen molar-refractivity contribution in [2.24, 2.45) is 0 Å². The summed E-state index contributed by atoms with van der Waals surface area (Å²) in [6.07, 6.45) is 0.589. The van der Waals surface area contributed by atoms with Crippen molar-refractivity contribution in [1.82, 2.24) is 4.81 Å². The fourth-order valence-corrected chi connectivity index (χ4v) is 1.38. The zero-order valence-electron chi connectivity index (χ0n) is 7.08. The third-order valence-corrected chi connectivity index (χ3v) is 2.23. The maximum Gasteiger partial charge on any atom is 0.376 e. The van der Waals surface area contributed by atoms with Crippen molar-refractivity contribution in [3.05, 3.63) is 0 Å². The van der Waals surface area contributed by atoms with E-state index in [9.17, 15) is 9.82 Å². The summed E-state index contributed by atoms with van der Waals surface area (Å²) < 4.78 is 0. The molecule has 1 saturated heterocycles. The molecule has 5 heteroatoms. The number of ketones is 1. The molecule has 1 aliphatic heterocycles. The van der Waals surface area contributed by atoms with Gasteiger partial charge >= 0.3 is 7.05 Å². The highest BCUT2D eigenvalue weighted by Gasteiger charge is 2.27. The molecule has 0 bridgehead atoms. The van der Waals surface area contributed by atoms with E-state index >= 15 is 0 Å². The number of carbonyl (C=O) groups is 1. The summed E-state index contributed by atoms with van der Waals surface area (Å²) in [4.78, 5) is 13.0. The fraction of sp³-hybridized carbons (Fsp3) is 0.833. The predicted octanol–water partition coefficient (Wildman–Crippen LogP) is -1.21. The van der Waals surface area contributed by atoms with Crippen LogP contribution in [0.15, 0.2) is 0 Å². The first-order valence-corrected chi connectivity index (χ1v) is 4.06. The first kappa shape index (κ1) is 8.81. The van der Waals surface area contributed by atoms with Crippen molar-refractivity contribution in [2.45, 2.75) is 19.1 Å². The molecule has 1 heterocycles. The number of piperidine rings is 1. The minimum absolute atomic E-state index is 0.0957. The molecule has 1 N–H and O–H groups in total. The molecule has 1 unspecified atom stereocenters. The molecule has 1 fully saturated rings. The first-order valence-electron chi connectivity index (χ1n) is 4.06. The van der Waals surface area contributed by atoms with E-state index in [2.05, 4.69) is 0 Å². The molecule has 1 aliphatic rings. The lowest BCUT2D eigenvalue weighted by atomic mass is 9.74. The molecule has 0 aromatic heterocycles. The highest BCUT2D eigenvalue weighted by Crippen LogP contribution is 2.14. The van der Waals surface area contributed by atoms with Crippen molar-refractivity contribution < 1.29 is 9.82 Å². The van der Waals surface area contributed by atoms with Crippen LogP contribution in [0.25, 0.3) is 0 Å². The van der Waals surface area contributed by atoms with Gasteiger partial charge in [0.15, 0.2) is 0 Å². The third-order valence-electron chi connectivity index (χ3n) is 2.23. The van der Waals surface area contributed by atoms with E-state index in [1.165, 1.54) is 0 Å². The quantitative estimate of drug-likeness (QED) is 0.480. The Labute approximate surface area is 68.3 Å². The number of hydrogen-bond donors (Lipinski definition) is 1. The number of nitrogens with zero attached hydrogens (tertiary/aromatic N) is 1. The Bertz CT molecular complexity index is 163. The molecule has 0 aromatic carbocycles. The Kier molecular flexibility index (Phi) is 2.73. The molecule has 11 heavy (non-hydrogen) atoms. The Hall–Kier alpha value is -0.280. The van der Waals surface area contributed by atoms with Crippen LogP contribution in [0.5, 0.6) is 0 Å². The van der Waals surface area contributed by atoms with Crippen LogP contribution >= 0.6 is 0 Å². The van der Waals surface area contributed by atoms with Gasteiger partial charge in [0.25, 0.3) is 0 Å². The predicted molar refractivity (Wildman–Crippen MR) is 47.3 cm³/mol. The summed E-state index contributed by atoms with van der Waals surface area (Å²) in [5.74, 6) is 0.417. The molecule has 1 atom stereocenters. The highest BCUT2D eigenvalue weighted by molar-refractivity contribution is 6.45. The summed E-state index contributed by atoms with van der Waals surface area (Å²) >= 11 is 0. The van der Waals surface area contributed by atoms with Gasteiger partial charge in [-0.3, -0.25) is 0 Å². The van der Waals surface area contributed by atoms with E-state index in [-0.39, 0.29) is 5.82 Å². The van der Waals surface area contributed by atoms with E-state index in [1.807, 2.05) is 12.7 Å². The van der Waals surface area contributed by atoms with Gasteiger partial charge in [0.05, 0.1) is 0 Å². The van der Waals surface area contributed by atoms with Gasteiger partial charge in [-0.15, -0.1) is 0 Å². The van der Waals surface area contributed by atoms with Crippen molar-refractivity contribution in [3.8, 4) is 0 Å². The molecule has 0 amide bonds. The topological polar surface area (TPSA) is 40.5 Å². The molecule has 60 valence electrons. The Morgan fingerprint density at radius 1 is 1.82 bits per heavy atom. The lowest BCUT2D eigenvalue weighted by Gasteiger charge is -2.30. The van der Waals surface area contributed by atoms with E-state index < -0.39 is 7.05 Å². The van der Waals surface area contributed by atoms with Gasteiger partial charge in [-0.05, 0) is 25.7 Å². The van der Waals surface area contributed by atoms with Crippen LogP contribution in [0.1, 0.15) is 6.42 Å². The summed E-state index contributed by atoms with van der Waals surface area (Å²) in [7, 11) is 1.50. The van der Waals surface area contributed by atoms with Crippen LogP contribution in [-0.4, -0.2) is 43.6 Å². The van der Waals surface area contributed by atoms with Crippen molar-refractivity contribution >= 4 is 20.7 Å². The maximum atomic E-state index is 11.1. The van der Waals surface area contributed by atoms with Crippen molar-refractivity contribution in [1.29, 1.82) is 0 Å². The van der Waals surface area contributed by atoms with Crippen LogP contribution in [0, 0.1) is 0 Å². The second-order valence-corrected chi connectivity index (χ2v) is 3.24. The molecule has 1 rings (SSSR count). The first-order chi connectivity index (χ1) is 5.11. The zero-order valence-corrected chi connectivity index (χ0v) is 7.08. The molecule has 0 spiro atoms. The van der Waals surface area contributed by atoms with E-state index in [0.29, 0.717) is 25.3 Å². The SMILES string of the molecule is BC1CN(B(C)O)CCC1=O. The van der Waals surface area contributed by atoms with Crippen LogP contribution in [0.4, 0.5) is 0 Å². The largest absolute Gasteiger partial charge is 0.437 e. The standard InChI is InChI=1S/C6H13B2NO2/c1-8(11)9-3-2-6(10)5(7)4-9/h5,11H,2-4,7H2,1H3. The molecule has 0 saturated carbocycles. The summed E-state index contributed by atoms with van der Waals surface area (Å²) in [5.41, 5.74) is 0. The molecular formula is C6H13B2NO2. The van der Waals surface area contributed by atoms with Gasteiger partial charge in [-0.2, -0.15) is 0 Å². The second-order valence-electron chi connectivity index (χ2n) is 3.24. The van der Waals surface area contributed by atoms with Crippen LogP contribution in [-0.2, 0) is 4.79 Å². The van der Waals surface area contributed by atoms with Crippen LogP contribution in [0.3, 0.4) is 0 Å². The maximum absolute atomic E-state index is 11.1. The summed E-state index contributed by atoms with van der Waals surface area (Å²) in [5, 5.41) is 9.20. The minimum Gasteiger partial charge on any atom is -0.437 e. The Morgan fingerprint density at radius 3 is 2.91 bits per heavy atom. The average molecular weight is 153 g/mol. The van der Waals surface area contributed by atoms with E-state index in [4.69, 9.17) is 0 Å². The molecule has 0 aromatic rings. The van der Waals surface area contributed by atoms with Crippen LogP contribution < -0.4 is 0 Å². The zero-order chi connectivity index (χ0) is 8.43. The molecule has 0 radical (unpaired) electrons. The number of rotatable bonds is 1. The molecular weight excluding hydrogens is 140 g/mol. The van der Waals surface area contributed by atoms with Gasteiger partial charge < -0.3 is 14.6 Å². The van der Waals surface area contributed by atoms with Gasteiger partial charge in [0.1, 0.15) is 13.6 Å². The number of hydrogen-bond acceptors (Lipinski definition) is 3. The van der Waals surface area contributed by atoms with Crippen LogP contribution in [0.2, 0.25) is 12.6 Å². The number of Topliss-reactive ketones (excluding diaryl/α,β-unsaturated/α-hetero) is 1. The highest BCUT2D eigenvalue weighted by atomic mass is 16.2. The average Bonchev–Trinajstić information content (AvgIpc) is 1.94. The normalized spacial score (nSPS) is 27.1. The number of carbonyl (C=O) groups excluding carboxylic acids is 1. The Morgan fingerprint density at radius 2 is 2.45 bits per heavy atom. The van der Waals surface area contributed by atoms with Gasteiger partial charge in [0, 0.05) is 6.42 Å². The van der Waals surface area contributed by atoms with E-state index in [1.54, 1.807) is 6.82 Å². The summed E-state index contributed by atoms with van der Waals surface area (Å²) in [6.45, 7) is 3.15. The van der Waals surface area contributed by atoms with Crippen molar-refractivity contribution in [3.63, 3.8) is 0 Å². The van der Waals surface area contributed by atoms with Gasteiger partial charge in [-0.25, -0.2) is 0 Å². The monoisotopic (exact) mass is 153 g/mol. The van der Waals surface area contributed by atoms with Gasteiger partial charge in [0.2, 0.25) is 0 Å². The minimum atomic E-state index is -0.412. The lowest BCUT2D eigenvalue weighted by molar-refractivity contribution is -0.120. The van der Waals surface area contributed by atoms with E-state index in [0.717, 1.165) is 0 Å². The summed E-state index contributed by atoms with van der Waals surface area (Å²) in [6, 6.07) is 0. The molecule has 0 aliphatic carbocycles. The fourth-order valence-electron chi connectivity index (χ4n) is 1.38. The molecule has 3 nitrogen and oxygen atoms in total. The Balaban J connectivity index is 2.46. The third kappa shape index (κ3) is 2.07. The van der Waals surface area contributed by atoms with Gasteiger partial charge in [-0.1, -0.05) is 0 Å². The second kappa shape index (κ2) is 3.41. The lowest BCUT2D eigenvalue weighted by Crippen LogP contribution is -2.45. The van der Waals surface area contributed by atoms with Crippen molar-refractivity contribution in [2.75, 3.05) is 13.1 Å².